The average molecular weight is 363 g/mol. The van der Waals surface area contributed by atoms with E-state index in [0.717, 1.165) is 55.9 Å². The van der Waals surface area contributed by atoms with E-state index in [-0.39, 0.29) is 0 Å². The first-order valence-electron chi connectivity index (χ1n) is 9.39. The summed E-state index contributed by atoms with van der Waals surface area (Å²) in [6.45, 7) is 7.58. The fourth-order valence-electron chi connectivity index (χ4n) is 3.37. The molecule has 1 aliphatic heterocycles. The average Bonchev–Trinajstić information content (AvgIpc) is 3.21. The summed E-state index contributed by atoms with van der Waals surface area (Å²) in [5.74, 6) is 3.49. The number of furan rings is 1. The topological polar surface area (TPSA) is 57.4 Å². The minimum atomic E-state index is 0.619. The maximum Gasteiger partial charge on any atom is 0.134 e. The van der Waals surface area contributed by atoms with Crippen molar-refractivity contribution in [1.29, 1.82) is 0 Å². The molecule has 0 radical (unpaired) electrons. The summed E-state index contributed by atoms with van der Waals surface area (Å²) in [6.07, 6.45) is 1.68. The van der Waals surface area contributed by atoms with Crippen LogP contribution in [0.1, 0.15) is 17.1 Å². The number of benzene rings is 1. The van der Waals surface area contributed by atoms with Gasteiger partial charge in [-0.1, -0.05) is 30.3 Å². The highest BCUT2D eigenvalue weighted by Crippen LogP contribution is 2.19. The van der Waals surface area contributed by atoms with Crippen molar-refractivity contribution in [2.24, 2.45) is 0 Å². The predicted octanol–water partition coefficient (Wildman–Crippen LogP) is 3.31. The summed E-state index contributed by atoms with van der Waals surface area (Å²) < 4.78 is 5.37. The van der Waals surface area contributed by atoms with Crippen molar-refractivity contribution in [1.82, 2.24) is 14.9 Å². The van der Waals surface area contributed by atoms with Crippen molar-refractivity contribution in [3.05, 3.63) is 71.9 Å². The fraction of sp³-hybridized carbons (Fsp3) is 0.333. The van der Waals surface area contributed by atoms with Gasteiger partial charge in [-0.2, -0.15) is 0 Å². The standard InChI is InChI=1S/C21H25N5O/c1-17-23-20(22-15-19-8-5-13-27-19)14-21(24-17)26-11-9-25(10-12-26)16-18-6-3-2-4-7-18/h2-8,13-14H,9-12,15-16H2,1H3,(H,22,23,24). The fourth-order valence-corrected chi connectivity index (χ4v) is 3.37. The Labute approximate surface area is 159 Å². The number of nitrogens with one attached hydrogen (secondary N) is 1. The number of aryl methyl sites for hydroxylation is 1. The molecule has 1 fully saturated rings. The third-order valence-electron chi connectivity index (χ3n) is 4.79. The van der Waals surface area contributed by atoms with Crippen LogP contribution in [0.25, 0.3) is 0 Å². The molecule has 27 heavy (non-hydrogen) atoms. The Kier molecular flexibility index (Phi) is 5.34. The monoisotopic (exact) mass is 363 g/mol. The molecule has 0 bridgehead atoms. The Morgan fingerprint density at radius 3 is 2.56 bits per heavy atom. The Balaban J connectivity index is 1.36. The lowest BCUT2D eigenvalue weighted by molar-refractivity contribution is 0.249. The van der Waals surface area contributed by atoms with Gasteiger partial charge in [-0.15, -0.1) is 0 Å². The number of aromatic nitrogens is 2. The number of hydrogen-bond donors (Lipinski definition) is 1. The highest BCUT2D eigenvalue weighted by atomic mass is 16.3. The first-order chi connectivity index (χ1) is 13.3. The number of nitrogens with zero attached hydrogens (tertiary/aromatic N) is 4. The van der Waals surface area contributed by atoms with Crippen molar-refractivity contribution in [2.45, 2.75) is 20.0 Å². The van der Waals surface area contributed by atoms with Gasteiger partial charge in [0.05, 0.1) is 12.8 Å². The van der Waals surface area contributed by atoms with Crippen LogP contribution in [0.3, 0.4) is 0 Å². The van der Waals surface area contributed by atoms with Gasteiger partial charge in [-0.05, 0) is 24.6 Å². The molecule has 6 heteroatoms. The molecule has 140 valence electrons. The maximum atomic E-state index is 5.37. The quantitative estimate of drug-likeness (QED) is 0.725. The first kappa shape index (κ1) is 17.5. The highest BCUT2D eigenvalue weighted by Gasteiger charge is 2.19. The predicted molar refractivity (Wildman–Crippen MR) is 107 cm³/mol. The molecule has 0 spiro atoms. The van der Waals surface area contributed by atoms with Crippen LogP contribution in [0.15, 0.2) is 59.2 Å². The molecule has 1 aliphatic rings. The van der Waals surface area contributed by atoms with Gasteiger partial charge >= 0.3 is 0 Å². The van der Waals surface area contributed by atoms with Crippen LogP contribution in [0.5, 0.6) is 0 Å². The Bertz CT molecular complexity index is 842. The van der Waals surface area contributed by atoms with Crippen molar-refractivity contribution in [3.63, 3.8) is 0 Å². The zero-order chi connectivity index (χ0) is 18.5. The molecule has 6 nitrogen and oxygen atoms in total. The van der Waals surface area contributed by atoms with Gasteiger partial charge in [-0.3, -0.25) is 4.90 Å². The second kappa shape index (κ2) is 8.22. The Morgan fingerprint density at radius 2 is 1.81 bits per heavy atom. The van der Waals surface area contributed by atoms with Gasteiger partial charge in [0, 0.05) is 38.8 Å². The van der Waals surface area contributed by atoms with Crippen molar-refractivity contribution in [2.75, 3.05) is 36.4 Å². The summed E-state index contributed by atoms with van der Waals surface area (Å²) >= 11 is 0. The van der Waals surface area contributed by atoms with E-state index in [0.29, 0.717) is 6.54 Å². The van der Waals surface area contributed by atoms with Crippen LogP contribution < -0.4 is 10.2 Å². The lowest BCUT2D eigenvalue weighted by Gasteiger charge is -2.35. The number of rotatable bonds is 6. The van der Waals surface area contributed by atoms with E-state index < -0.39 is 0 Å². The van der Waals surface area contributed by atoms with Crippen molar-refractivity contribution in [3.8, 4) is 0 Å². The van der Waals surface area contributed by atoms with E-state index in [1.807, 2.05) is 25.1 Å². The zero-order valence-corrected chi connectivity index (χ0v) is 15.6. The number of anilines is 2. The van der Waals surface area contributed by atoms with Crippen molar-refractivity contribution < 1.29 is 4.42 Å². The van der Waals surface area contributed by atoms with Crippen molar-refractivity contribution >= 4 is 11.6 Å². The van der Waals surface area contributed by atoms with Gasteiger partial charge in [0.1, 0.15) is 23.2 Å². The molecule has 0 unspecified atom stereocenters. The molecule has 1 N–H and O–H groups in total. The molecule has 0 amide bonds. The van der Waals surface area contributed by atoms with Crippen LogP contribution in [0, 0.1) is 6.92 Å². The van der Waals surface area contributed by atoms with E-state index in [1.54, 1.807) is 6.26 Å². The number of piperazine rings is 1. The maximum absolute atomic E-state index is 5.37. The lowest BCUT2D eigenvalue weighted by Crippen LogP contribution is -2.46. The second-order valence-electron chi connectivity index (χ2n) is 6.84. The summed E-state index contributed by atoms with van der Waals surface area (Å²) in [4.78, 5) is 14.0. The minimum absolute atomic E-state index is 0.619. The number of hydrogen-bond acceptors (Lipinski definition) is 6. The van der Waals surface area contributed by atoms with Gasteiger partial charge < -0.3 is 14.6 Å². The third kappa shape index (κ3) is 4.65. The largest absolute Gasteiger partial charge is 0.467 e. The molecule has 1 aromatic carbocycles. The highest BCUT2D eigenvalue weighted by molar-refractivity contribution is 5.49. The first-order valence-corrected chi connectivity index (χ1v) is 9.39. The molecule has 2 aromatic heterocycles. The van der Waals surface area contributed by atoms with E-state index in [9.17, 15) is 0 Å². The summed E-state index contributed by atoms with van der Waals surface area (Å²) in [6, 6.07) is 16.5. The summed E-state index contributed by atoms with van der Waals surface area (Å²) in [5, 5.41) is 3.33. The molecule has 0 atom stereocenters. The van der Waals surface area contributed by atoms with Gasteiger partial charge in [0.25, 0.3) is 0 Å². The van der Waals surface area contributed by atoms with E-state index in [1.165, 1.54) is 5.56 Å². The van der Waals surface area contributed by atoms with Gasteiger partial charge in [-0.25, -0.2) is 9.97 Å². The van der Waals surface area contributed by atoms with Crippen LogP contribution in [0.2, 0.25) is 0 Å². The second-order valence-corrected chi connectivity index (χ2v) is 6.84. The Hall–Kier alpha value is -2.86. The molecule has 0 aliphatic carbocycles. The molecular weight excluding hydrogens is 338 g/mol. The molecular formula is C21H25N5O. The Morgan fingerprint density at radius 1 is 1.00 bits per heavy atom. The van der Waals surface area contributed by atoms with Crippen LogP contribution in [0.4, 0.5) is 11.6 Å². The lowest BCUT2D eigenvalue weighted by atomic mass is 10.2. The van der Waals surface area contributed by atoms with Gasteiger partial charge in [0.2, 0.25) is 0 Å². The molecule has 1 saturated heterocycles. The van der Waals surface area contributed by atoms with Crippen LogP contribution >= 0.6 is 0 Å². The van der Waals surface area contributed by atoms with Crippen LogP contribution in [-0.4, -0.2) is 41.0 Å². The minimum Gasteiger partial charge on any atom is -0.467 e. The molecule has 0 saturated carbocycles. The molecule has 3 heterocycles. The van der Waals surface area contributed by atoms with E-state index in [4.69, 9.17) is 4.42 Å². The summed E-state index contributed by atoms with van der Waals surface area (Å²) in [7, 11) is 0. The van der Waals surface area contributed by atoms with E-state index >= 15 is 0 Å². The third-order valence-corrected chi connectivity index (χ3v) is 4.79. The smallest absolute Gasteiger partial charge is 0.134 e. The van der Waals surface area contributed by atoms with Crippen LogP contribution in [-0.2, 0) is 13.1 Å². The SMILES string of the molecule is Cc1nc(NCc2ccco2)cc(N2CCN(Cc3ccccc3)CC2)n1. The normalized spacial score (nSPS) is 15.1. The van der Waals surface area contributed by atoms with E-state index in [2.05, 4.69) is 55.4 Å². The zero-order valence-electron chi connectivity index (χ0n) is 15.6. The molecule has 3 aromatic rings. The summed E-state index contributed by atoms with van der Waals surface area (Å²) in [5.41, 5.74) is 1.37. The molecule has 4 rings (SSSR count). The van der Waals surface area contributed by atoms with Gasteiger partial charge in [0.15, 0.2) is 0 Å².